The minimum Gasteiger partial charge on any atom is -0.508 e. The highest BCUT2D eigenvalue weighted by molar-refractivity contribution is 7.19. The van der Waals surface area contributed by atoms with Crippen LogP contribution >= 0.6 is 11.3 Å². The van der Waals surface area contributed by atoms with Crippen LogP contribution in [0.25, 0.3) is 10.2 Å². The predicted octanol–water partition coefficient (Wildman–Crippen LogP) is 5.77. The van der Waals surface area contributed by atoms with E-state index < -0.39 is 0 Å². The molecule has 1 aliphatic carbocycles. The van der Waals surface area contributed by atoms with Crippen molar-refractivity contribution in [2.75, 3.05) is 5.43 Å². The van der Waals surface area contributed by atoms with E-state index >= 15 is 0 Å². The highest BCUT2D eigenvalue weighted by atomic mass is 32.1. The summed E-state index contributed by atoms with van der Waals surface area (Å²) in [6.07, 6.45) is 6.26. The van der Waals surface area contributed by atoms with Gasteiger partial charge in [-0.15, -0.1) is 11.3 Å². The van der Waals surface area contributed by atoms with Crippen LogP contribution in [-0.4, -0.2) is 20.8 Å². The van der Waals surface area contributed by atoms with Gasteiger partial charge in [0.2, 0.25) is 0 Å². The third-order valence-corrected chi connectivity index (χ3v) is 7.67. The number of thiophene rings is 1. The maximum Gasteiger partial charge on any atom is 0.158 e. The molecular weight excluding hydrogens is 380 g/mol. The molecule has 0 bridgehead atoms. The lowest BCUT2D eigenvalue weighted by Gasteiger charge is -2.36. The van der Waals surface area contributed by atoms with Gasteiger partial charge in [0, 0.05) is 4.88 Å². The van der Waals surface area contributed by atoms with Crippen LogP contribution in [0.1, 0.15) is 56.5 Å². The number of aromatic nitrogens is 2. The van der Waals surface area contributed by atoms with Crippen molar-refractivity contribution in [2.45, 2.75) is 53.4 Å². The lowest BCUT2D eigenvalue weighted by atomic mass is 9.69. The Balaban J connectivity index is 1.67. The Bertz CT molecular complexity index is 1050. The van der Waals surface area contributed by atoms with Gasteiger partial charge >= 0.3 is 0 Å². The number of anilines is 1. The maximum absolute atomic E-state index is 9.48. The van der Waals surface area contributed by atoms with E-state index in [1.165, 1.54) is 23.3 Å². The number of phenols is 1. The van der Waals surface area contributed by atoms with Crippen LogP contribution in [0.5, 0.6) is 5.75 Å². The molecule has 6 heteroatoms. The van der Waals surface area contributed by atoms with Crippen LogP contribution in [0.3, 0.4) is 0 Å². The van der Waals surface area contributed by atoms with Crippen molar-refractivity contribution in [1.82, 2.24) is 9.97 Å². The van der Waals surface area contributed by atoms with E-state index in [2.05, 4.69) is 41.3 Å². The van der Waals surface area contributed by atoms with Crippen molar-refractivity contribution >= 4 is 33.1 Å². The molecule has 0 unspecified atom stereocenters. The fourth-order valence-corrected chi connectivity index (χ4v) is 5.24. The van der Waals surface area contributed by atoms with Gasteiger partial charge in [0.25, 0.3) is 0 Å². The SMILES string of the molecule is CCC(C)(C)[C@H]1CCc2sc3ncnc(NN=C(C)c4ccc(O)cc4)c3c2C1. The second-order valence-electron chi connectivity index (χ2n) is 8.54. The fourth-order valence-electron chi connectivity index (χ4n) is 4.05. The first-order valence-electron chi connectivity index (χ1n) is 10.2. The van der Waals surface area contributed by atoms with Crippen molar-refractivity contribution < 1.29 is 5.11 Å². The number of nitrogens with zero attached hydrogens (tertiary/aromatic N) is 3. The van der Waals surface area contributed by atoms with E-state index in [0.29, 0.717) is 11.3 Å². The van der Waals surface area contributed by atoms with Crippen molar-refractivity contribution in [2.24, 2.45) is 16.4 Å². The molecule has 2 aromatic heterocycles. The minimum absolute atomic E-state index is 0.251. The van der Waals surface area contributed by atoms with Gasteiger partial charge in [-0.2, -0.15) is 5.10 Å². The first kappa shape index (κ1) is 19.8. The third-order valence-electron chi connectivity index (χ3n) is 6.47. The quantitative estimate of drug-likeness (QED) is 0.415. The van der Waals surface area contributed by atoms with E-state index in [1.807, 2.05) is 19.1 Å². The second-order valence-corrected chi connectivity index (χ2v) is 9.63. The first-order chi connectivity index (χ1) is 13.9. The van der Waals surface area contributed by atoms with Crippen molar-refractivity contribution in [3.63, 3.8) is 0 Å². The molecular formula is C23H28N4OS. The summed E-state index contributed by atoms with van der Waals surface area (Å²) in [7, 11) is 0. The summed E-state index contributed by atoms with van der Waals surface area (Å²) in [4.78, 5) is 11.5. The Morgan fingerprint density at radius 1 is 1.28 bits per heavy atom. The van der Waals surface area contributed by atoms with E-state index in [-0.39, 0.29) is 5.75 Å². The van der Waals surface area contributed by atoms with Crippen molar-refractivity contribution in [3.05, 3.63) is 46.6 Å². The number of nitrogens with one attached hydrogen (secondary N) is 1. The number of benzene rings is 1. The Hall–Kier alpha value is -2.47. The smallest absolute Gasteiger partial charge is 0.158 e. The van der Waals surface area contributed by atoms with Gasteiger partial charge in [0.15, 0.2) is 5.82 Å². The average molecular weight is 409 g/mol. The monoisotopic (exact) mass is 408 g/mol. The van der Waals surface area contributed by atoms with E-state index in [9.17, 15) is 5.11 Å². The Labute approximate surface area is 175 Å². The van der Waals surface area contributed by atoms with Gasteiger partial charge in [0.1, 0.15) is 16.9 Å². The van der Waals surface area contributed by atoms with E-state index in [1.54, 1.807) is 29.8 Å². The number of hydrogen-bond donors (Lipinski definition) is 2. The van der Waals surface area contributed by atoms with Crippen molar-refractivity contribution in [1.29, 1.82) is 0 Å². The molecule has 0 aliphatic heterocycles. The summed E-state index contributed by atoms with van der Waals surface area (Å²) >= 11 is 1.80. The van der Waals surface area contributed by atoms with Crippen LogP contribution in [-0.2, 0) is 12.8 Å². The molecule has 5 nitrogen and oxygen atoms in total. The first-order valence-corrected chi connectivity index (χ1v) is 11.1. The summed E-state index contributed by atoms with van der Waals surface area (Å²) in [6, 6.07) is 7.05. The Morgan fingerprint density at radius 3 is 2.76 bits per heavy atom. The zero-order valence-electron chi connectivity index (χ0n) is 17.5. The summed E-state index contributed by atoms with van der Waals surface area (Å²) in [5.41, 5.74) is 6.72. The van der Waals surface area contributed by atoms with Crippen LogP contribution < -0.4 is 5.43 Å². The van der Waals surface area contributed by atoms with Crippen LogP contribution in [0.2, 0.25) is 0 Å². The molecule has 0 saturated carbocycles. The van der Waals surface area contributed by atoms with Gasteiger partial charge in [0.05, 0.1) is 11.1 Å². The lowest BCUT2D eigenvalue weighted by Crippen LogP contribution is -2.28. The van der Waals surface area contributed by atoms with Crippen LogP contribution in [0.4, 0.5) is 5.82 Å². The normalized spacial score (nSPS) is 17.4. The summed E-state index contributed by atoms with van der Waals surface area (Å²) in [5, 5.41) is 15.2. The lowest BCUT2D eigenvalue weighted by molar-refractivity contribution is 0.184. The number of phenolic OH excluding ortho intramolecular Hbond substituents is 1. The topological polar surface area (TPSA) is 70.4 Å². The Morgan fingerprint density at radius 2 is 2.03 bits per heavy atom. The molecule has 152 valence electrons. The average Bonchev–Trinajstić information content (AvgIpc) is 3.11. The van der Waals surface area contributed by atoms with Crippen LogP contribution in [0.15, 0.2) is 35.7 Å². The number of hydrazone groups is 1. The molecule has 1 atom stereocenters. The van der Waals surface area contributed by atoms with Gasteiger partial charge < -0.3 is 5.11 Å². The molecule has 29 heavy (non-hydrogen) atoms. The highest BCUT2D eigenvalue weighted by Gasteiger charge is 2.33. The zero-order chi connectivity index (χ0) is 20.6. The van der Waals surface area contributed by atoms with Gasteiger partial charge in [-0.05, 0) is 72.9 Å². The van der Waals surface area contributed by atoms with E-state index in [4.69, 9.17) is 0 Å². The molecule has 0 amide bonds. The predicted molar refractivity (Wildman–Crippen MR) is 121 cm³/mol. The summed E-state index contributed by atoms with van der Waals surface area (Å²) in [6.45, 7) is 9.01. The standard InChI is InChI=1S/C23H28N4OS/c1-5-23(3,4)16-8-11-19-18(12-16)20-21(24-13-25-22(20)29-19)27-26-14(2)15-6-9-17(28)10-7-15/h6-7,9-10,13,16,28H,5,8,11-12H2,1-4H3,(H,24,25,27)/t16-/m0/s1. The van der Waals surface area contributed by atoms with E-state index in [0.717, 1.165) is 40.2 Å². The number of fused-ring (bicyclic) bond motifs is 3. The molecule has 0 spiro atoms. The van der Waals surface area contributed by atoms with Crippen molar-refractivity contribution in [3.8, 4) is 5.75 Å². The molecule has 4 rings (SSSR count). The molecule has 2 N–H and O–H groups in total. The molecule has 0 saturated heterocycles. The molecule has 0 fully saturated rings. The molecule has 2 heterocycles. The fraction of sp³-hybridized carbons (Fsp3) is 0.435. The number of rotatable bonds is 5. The van der Waals surface area contributed by atoms with Gasteiger partial charge in [-0.3, -0.25) is 5.43 Å². The summed E-state index contributed by atoms with van der Waals surface area (Å²) in [5.74, 6) is 1.70. The number of aromatic hydroxyl groups is 1. The molecule has 1 aromatic carbocycles. The second kappa shape index (κ2) is 7.75. The highest BCUT2D eigenvalue weighted by Crippen LogP contribution is 2.45. The molecule has 1 aliphatic rings. The van der Waals surface area contributed by atoms with Gasteiger partial charge in [-0.25, -0.2) is 9.97 Å². The minimum atomic E-state index is 0.251. The zero-order valence-corrected chi connectivity index (χ0v) is 18.3. The largest absolute Gasteiger partial charge is 0.508 e. The van der Waals surface area contributed by atoms with Crippen LogP contribution in [0, 0.1) is 11.3 Å². The Kier molecular flexibility index (Phi) is 5.30. The molecule has 3 aromatic rings. The third kappa shape index (κ3) is 3.86. The van der Waals surface area contributed by atoms with Gasteiger partial charge in [-0.1, -0.05) is 27.2 Å². The number of hydrogen-bond acceptors (Lipinski definition) is 6. The molecule has 0 radical (unpaired) electrons. The number of aryl methyl sites for hydroxylation is 1. The summed E-state index contributed by atoms with van der Waals surface area (Å²) < 4.78 is 0. The maximum atomic E-state index is 9.48.